The van der Waals surface area contributed by atoms with Gasteiger partial charge in [0.2, 0.25) is 16.9 Å². The normalized spacial score (nSPS) is 20.4. The van der Waals surface area contributed by atoms with E-state index in [4.69, 9.17) is 14.5 Å². The highest BCUT2D eigenvalue weighted by Crippen LogP contribution is 2.76. The summed E-state index contributed by atoms with van der Waals surface area (Å²) >= 11 is 1.29. The quantitative estimate of drug-likeness (QED) is 0.375. The number of carbonyl (C=O) groups is 2. The number of aromatic nitrogens is 3. The van der Waals surface area contributed by atoms with Crippen molar-refractivity contribution in [2.24, 2.45) is 11.3 Å². The zero-order valence-electron chi connectivity index (χ0n) is 20.5. The molecule has 1 N–H and O–H groups in total. The lowest BCUT2D eigenvalue weighted by molar-refractivity contribution is -0.139. The number of ether oxygens (including phenoxy) is 2. The Hall–Kier alpha value is -4.11. The standard InChI is InChI=1S/C28H24N4O4S/c1-27(2)23(24(34)31-26-32-29-15-37-26)28(27)18-6-4-5-7-21(18)36-25-19(28)12-13-20(30-25)17-10-8-16(9-11-17)14-22(33)35-3/h4-13,15,23H,14H2,1-3H3,(H,31,32,34)/t23-,28-/m0/s1. The lowest BCUT2D eigenvalue weighted by Crippen LogP contribution is -2.26. The molecule has 0 saturated heterocycles. The summed E-state index contributed by atoms with van der Waals surface area (Å²) in [6.07, 6.45) is 0.215. The van der Waals surface area contributed by atoms with E-state index in [-0.39, 0.29) is 24.2 Å². The molecular weight excluding hydrogens is 488 g/mol. The molecule has 2 atom stereocenters. The number of fused-ring (bicyclic) bond motifs is 4. The fraction of sp³-hybridized carbons (Fsp3) is 0.250. The number of hydrogen-bond donors (Lipinski definition) is 1. The summed E-state index contributed by atoms with van der Waals surface area (Å²) in [6, 6.07) is 19.5. The molecule has 0 unspecified atom stereocenters. The molecule has 6 rings (SSSR count). The molecular formula is C28H24N4O4S. The third-order valence-electron chi connectivity index (χ3n) is 7.57. The number of benzene rings is 2. The van der Waals surface area contributed by atoms with E-state index in [0.29, 0.717) is 16.8 Å². The highest BCUT2D eigenvalue weighted by Gasteiger charge is 2.78. The van der Waals surface area contributed by atoms with Crippen molar-refractivity contribution in [1.29, 1.82) is 0 Å². The minimum atomic E-state index is -0.595. The molecule has 8 nitrogen and oxygen atoms in total. The highest BCUT2D eigenvalue weighted by atomic mass is 32.1. The fourth-order valence-electron chi connectivity index (χ4n) is 5.84. The minimum Gasteiger partial charge on any atom is -0.469 e. The summed E-state index contributed by atoms with van der Waals surface area (Å²) in [7, 11) is 1.38. The predicted octanol–water partition coefficient (Wildman–Crippen LogP) is 5.00. The molecule has 9 heteroatoms. The average molecular weight is 513 g/mol. The average Bonchev–Trinajstić information content (AvgIpc) is 3.17. The monoisotopic (exact) mass is 512 g/mol. The van der Waals surface area contributed by atoms with Gasteiger partial charge in [-0.3, -0.25) is 9.59 Å². The van der Waals surface area contributed by atoms with E-state index in [1.54, 1.807) is 5.51 Å². The number of methoxy groups -OCH3 is 1. The number of para-hydroxylation sites is 1. The van der Waals surface area contributed by atoms with Crippen molar-refractivity contribution in [2.75, 3.05) is 12.4 Å². The smallest absolute Gasteiger partial charge is 0.309 e. The molecule has 0 radical (unpaired) electrons. The Morgan fingerprint density at radius 2 is 1.84 bits per heavy atom. The van der Waals surface area contributed by atoms with Gasteiger partial charge in [-0.25, -0.2) is 4.98 Å². The van der Waals surface area contributed by atoms with Crippen LogP contribution in [0.15, 0.2) is 66.2 Å². The molecule has 1 aliphatic heterocycles. The minimum absolute atomic E-state index is 0.102. The van der Waals surface area contributed by atoms with E-state index in [2.05, 4.69) is 29.4 Å². The first-order valence-corrected chi connectivity index (χ1v) is 12.8. The number of pyridine rings is 1. The van der Waals surface area contributed by atoms with E-state index in [1.807, 2.05) is 60.7 Å². The van der Waals surface area contributed by atoms with E-state index in [0.717, 1.165) is 27.9 Å². The molecule has 1 aliphatic carbocycles. The van der Waals surface area contributed by atoms with Gasteiger partial charge in [0.1, 0.15) is 11.3 Å². The molecule has 37 heavy (non-hydrogen) atoms. The highest BCUT2D eigenvalue weighted by molar-refractivity contribution is 7.13. The molecule has 1 amide bonds. The predicted molar refractivity (Wildman–Crippen MR) is 138 cm³/mol. The van der Waals surface area contributed by atoms with Crippen LogP contribution in [-0.4, -0.2) is 34.2 Å². The molecule has 2 aromatic carbocycles. The van der Waals surface area contributed by atoms with Gasteiger partial charge in [0.05, 0.1) is 25.1 Å². The van der Waals surface area contributed by atoms with Crippen LogP contribution in [0.25, 0.3) is 11.3 Å². The molecule has 2 aliphatic rings. The van der Waals surface area contributed by atoms with Crippen LogP contribution in [0.2, 0.25) is 0 Å². The number of esters is 1. The summed E-state index contributed by atoms with van der Waals surface area (Å²) < 4.78 is 11.1. The maximum Gasteiger partial charge on any atom is 0.309 e. The number of hydrogen-bond acceptors (Lipinski definition) is 8. The second-order valence-electron chi connectivity index (χ2n) is 9.79. The van der Waals surface area contributed by atoms with Gasteiger partial charge < -0.3 is 14.8 Å². The molecule has 186 valence electrons. The first-order chi connectivity index (χ1) is 17.9. The van der Waals surface area contributed by atoms with Crippen molar-refractivity contribution in [1.82, 2.24) is 15.2 Å². The van der Waals surface area contributed by atoms with Gasteiger partial charge in [-0.1, -0.05) is 73.7 Å². The first-order valence-electron chi connectivity index (χ1n) is 11.9. The van der Waals surface area contributed by atoms with Crippen LogP contribution >= 0.6 is 11.3 Å². The Kier molecular flexibility index (Phi) is 5.34. The van der Waals surface area contributed by atoms with Gasteiger partial charge in [-0.15, -0.1) is 10.2 Å². The topological polar surface area (TPSA) is 103 Å². The van der Waals surface area contributed by atoms with Crippen LogP contribution < -0.4 is 10.1 Å². The summed E-state index contributed by atoms with van der Waals surface area (Å²) in [4.78, 5) is 30.0. The molecule has 3 heterocycles. The number of nitrogens with one attached hydrogen (secondary N) is 1. The van der Waals surface area contributed by atoms with Crippen molar-refractivity contribution < 1.29 is 19.1 Å². The van der Waals surface area contributed by atoms with Crippen molar-refractivity contribution >= 4 is 28.3 Å². The molecule has 1 spiro atoms. The van der Waals surface area contributed by atoms with Gasteiger partial charge in [0.15, 0.2) is 0 Å². The van der Waals surface area contributed by atoms with Crippen molar-refractivity contribution in [3.63, 3.8) is 0 Å². The Morgan fingerprint density at radius 3 is 2.57 bits per heavy atom. The van der Waals surface area contributed by atoms with Crippen LogP contribution in [0.5, 0.6) is 11.6 Å². The second kappa shape index (κ2) is 8.48. The maximum atomic E-state index is 13.5. The Labute approximate surface area is 217 Å². The van der Waals surface area contributed by atoms with Crippen molar-refractivity contribution in [3.05, 3.63) is 82.9 Å². The van der Waals surface area contributed by atoms with Gasteiger partial charge in [0.25, 0.3) is 0 Å². The summed E-state index contributed by atoms with van der Waals surface area (Å²) in [5.74, 6) is 0.461. The van der Waals surface area contributed by atoms with Gasteiger partial charge >= 0.3 is 5.97 Å². The number of rotatable bonds is 5. The van der Waals surface area contributed by atoms with Crippen LogP contribution in [0.4, 0.5) is 5.13 Å². The first kappa shape index (κ1) is 23.3. The van der Waals surface area contributed by atoms with E-state index >= 15 is 0 Å². The molecule has 4 aromatic rings. The second-order valence-corrected chi connectivity index (χ2v) is 10.6. The Balaban J connectivity index is 1.40. The van der Waals surface area contributed by atoms with Crippen molar-refractivity contribution in [2.45, 2.75) is 25.7 Å². The Morgan fingerprint density at radius 1 is 1.05 bits per heavy atom. The third kappa shape index (κ3) is 3.53. The van der Waals surface area contributed by atoms with Gasteiger partial charge in [0, 0.05) is 22.1 Å². The lowest BCUT2D eigenvalue weighted by Gasteiger charge is -2.30. The van der Waals surface area contributed by atoms with E-state index in [1.165, 1.54) is 18.4 Å². The molecule has 2 aromatic heterocycles. The zero-order valence-corrected chi connectivity index (χ0v) is 21.3. The van der Waals surface area contributed by atoms with E-state index in [9.17, 15) is 9.59 Å². The number of carbonyl (C=O) groups excluding carboxylic acids is 2. The largest absolute Gasteiger partial charge is 0.469 e. The Bertz CT molecular complexity index is 1520. The van der Waals surface area contributed by atoms with Crippen LogP contribution in [0, 0.1) is 11.3 Å². The van der Waals surface area contributed by atoms with Crippen LogP contribution in [0.3, 0.4) is 0 Å². The molecule has 0 bridgehead atoms. The van der Waals surface area contributed by atoms with Gasteiger partial charge in [-0.2, -0.15) is 0 Å². The summed E-state index contributed by atoms with van der Waals surface area (Å²) in [5, 5.41) is 11.2. The number of nitrogens with zero attached hydrogens (tertiary/aromatic N) is 3. The zero-order chi connectivity index (χ0) is 25.8. The maximum absolute atomic E-state index is 13.5. The number of amides is 1. The number of anilines is 1. The van der Waals surface area contributed by atoms with Gasteiger partial charge in [-0.05, 0) is 23.1 Å². The SMILES string of the molecule is COC(=O)Cc1ccc(-c2ccc3c(n2)Oc2ccccc2[C@@]32[C@@H](C(=O)Nc3nncs3)C2(C)C)cc1. The summed E-state index contributed by atoms with van der Waals surface area (Å²) in [5.41, 5.74) is 4.97. The third-order valence-corrected chi connectivity index (χ3v) is 8.18. The van der Waals surface area contributed by atoms with Crippen molar-refractivity contribution in [3.8, 4) is 22.9 Å². The fourth-order valence-corrected chi connectivity index (χ4v) is 6.29. The lowest BCUT2D eigenvalue weighted by atomic mass is 9.79. The molecule has 1 fully saturated rings. The van der Waals surface area contributed by atoms with Crippen LogP contribution in [-0.2, 0) is 26.2 Å². The van der Waals surface area contributed by atoms with E-state index < -0.39 is 10.8 Å². The van der Waals surface area contributed by atoms with Crippen LogP contribution in [0.1, 0.15) is 30.5 Å². The summed E-state index contributed by atoms with van der Waals surface area (Å²) in [6.45, 7) is 4.22. The molecule has 1 saturated carbocycles.